The van der Waals surface area contributed by atoms with Crippen LogP contribution < -0.4 is 0 Å². The number of fused-ring (bicyclic) bond motifs is 4. The van der Waals surface area contributed by atoms with Gasteiger partial charge < -0.3 is 4.90 Å². The fourth-order valence-corrected chi connectivity index (χ4v) is 4.27. The van der Waals surface area contributed by atoms with Gasteiger partial charge in [-0.05, 0) is 43.5 Å². The number of benzene rings is 1. The molecule has 2 atom stereocenters. The Hall–Kier alpha value is -0.910. The zero-order valence-corrected chi connectivity index (χ0v) is 13.6. The van der Waals surface area contributed by atoms with Crippen molar-refractivity contribution >= 4 is 9.84 Å². The van der Waals surface area contributed by atoms with Crippen LogP contribution in [0.1, 0.15) is 18.4 Å². The molecule has 0 N–H and O–H groups in total. The van der Waals surface area contributed by atoms with Crippen molar-refractivity contribution in [3.63, 3.8) is 0 Å². The Morgan fingerprint density at radius 3 is 2.43 bits per heavy atom. The Morgan fingerprint density at radius 2 is 1.81 bits per heavy atom. The molecule has 1 aromatic carbocycles. The van der Waals surface area contributed by atoms with Gasteiger partial charge in [0.2, 0.25) is 0 Å². The molecular formula is C16H24N2O2S. The molecule has 0 spiro atoms. The van der Waals surface area contributed by atoms with E-state index in [2.05, 4.69) is 16.8 Å². The third-order valence-corrected chi connectivity index (χ3v) is 5.95. The lowest BCUT2D eigenvalue weighted by atomic mass is 9.96. The summed E-state index contributed by atoms with van der Waals surface area (Å²) >= 11 is 0. The lowest BCUT2D eigenvalue weighted by Crippen LogP contribution is -2.40. The Bertz CT molecular complexity index is 597. The summed E-state index contributed by atoms with van der Waals surface area (Å²) in [5, 5.41) is 0. The predicted molar refractivity (Wildman–Crippen MR) is 84.0 cm³/mol. The van der Waals surface area contributed by atoms with Crippen LogP contribution in [-0.4, -0.2) is 57.2 Å². The Labute approximate surface area is 127 Å². The molecule has 0 aromatic heterocycles. The molecule has 116 valence electrons. The van der Waals surface area contributed by atoms with E-state index >= 15 is 0 Å². The molecule has 4 nitrogen and oxygen atoms in total. The van der Waals surface area contributed by atoms with Crippen LogP contribution in [0.4, 0.5) is 0 Å². The van der Waals surface area contributed by atoms with Crippen LogP contribution in [0.5, 0.6) is 0 Å². The molecule has 3 aliphatic heterocycles. The highest BCUT2D eigenvalue weighted by atomic mass is 32.2. The molecule has 3 fully saturated rings. The standard InChI is InChI=1S/C16H24N2O2S/c1-17-9-14-3-6-15(17)12-18(11-14)10-13-4-7-16(8-5-13)21(2,19)20/h4-5,7-8,14-15H,3,6,9-12H2,1-2H3/t14-,15-/m0/s1. The van der Waals surface area contributed by atoms with Gasteiger partial charge in [-0.1, -0.05) is 12.1 Å². The Kier molecular flexibility index (Phi) is 4.08. The number of likely N-dealkylation sites (N-methyl/N-ethyl adjacent to an activating group) is 1. The van der Waals surface area contributed by atoms with Gasteiger partial charge in [0.1, 0.15) is 0 Å². The van der Waals surface area contributed by atoms with Crippen LogP contribution >= 0.6 is 0 Å². The number of hydrogen-bond acceptors (Lipinski definition) is 4. The largest absolute Gasteiger partial charge is 0.302 e. The van der Waals surface area contributed by atoms with Gasteiger partial charge in [-0.25, -0.2) is 8.42 Å². The summed E-state index contributed by atoms with van der Waals surface area (Å²) in [6.45, 7) is 4.43. The summed E-state index contributed by atoms with van der Waals surface area (Å²) in [5.74, 6) is 0.782. The lowest BCUT2D eigenvalue weighted by molar-refractivity contribution is 0.165. The first-order valence-corrected chi connectivity index (χ1v) is 9.52. The Balaban J connectivity index is 1.69. The van der Waals surface area contributed by atoms with Gasteiger partial charge in [-0.3, -0.25) is 4.90 Å². The molecule has 3 saturated heterocycles. The highest BCUT2D eigenvalue weighted by molar-refractivity contribution is 7.90. The Morgan fingerprint density at radius 1 is 1.10 bits per heavy atom. The molecule has 0 amide bonds. The summed E-state index contributed by atoms with van der Waals surface area (Å²) in [6.07, 6.45) is 3.91. The average molecular weight is 308 g/mol. The molecule has 3 aliphatic rings. The van der Waals surface area contributed by atoms with Crippen molar-refractivity contribution in [3.8, 4) is 0 Å². The van der Waals surface area contributed by atoms with E-state index in [0.29, 0.717) is 10.9 Å². The molecular weight excluding hydrogens is 284 g/mol. The maximum Gasteiger partial charge on any atom is 0.175 e. The number of hydrogen-bond donors (Lipinski definition) is 0. The molecule has 0 radical (unpaired) electrons. The van der Waals surface area contributed by atoms with Crippen molar-refractivity contribution in [2.24, 2.45) is 5.92 Å². The summed E-state index contributed by atoms with van der Waals surface area (Å²) in [7, 11) is -0.856. The molecule has 0 aliphatic carbocycles. The van der Waals surface area contributed by atoms with Crippen LogP contribution in [-0.2, 0) is 16.4 Å². The molecule has 5 heteroatoms. The quantitative estimate of drug-likeness (QED) is 0.851. The molecule has 21 heavy (non-hydrogen) atoms. The molecule has 4 rings (SSSR count). The molecule has 3 heterocycles. The zero-order valence-electron chi connectivity index (χ0n) is 12.8. The first-order chi connectivity index (χ1) is 9.91. The summed E-state index contributed by atoms with van der Waals surface area (Å²) in [4.78, 5) is 5.43. The molecule has 1 aromatic rings. The van der Waals surface area contributed by atoms with E-state index in [1.54, 1.807) is 12.1 Å². The van der Waals surface area contributed by atoms with Crippen LogP contribution in [0, 0.1) is 5.92 Å². The third-order valence-electron chi connectivity index (χ3n) is 4.82. The molecule has 2 bridgehead atoms. The lowest BCUT2D eigenvalue weighted by Gasteiger charge is -2.32. The summed E-state index contributed by atoms with van der Waals surface area (Å²) < 4.78 is 23.0. The van der Waals surface area contributed by atoms with Crippen molar-refractivity contribution in [1.82, 2.24) is 9.80 Å². The van der Waals surface area contributed by atoms with Gasteiger partial charge in [0, 0.05) is 38.5 Å². The second-order valence-corrected chi connectivity index (χ2v) is 8.66. The summed E-state index contributed by atoms with van der Waals surface area (Å²) in [6, 6.07) is 8.03. The van der Waals surface area contributed by atoms with E-state index in [-0.39, 0.29) is 0 Å². The minimum atomic E-state index is -3.09. The number of rotatable bonds is 3. The van der Waals surface area contributed by atoms with Gasteiger partial charge in [0.25, 0.3) is 0 Å². The molecule has 0 saturated carbocycles. The van der Waals surface area contributed by atoms with Crippen LogP contribution in [0.3, 0.4) is 0 Å². The molecule has 0 unspecified atom stereocenters. The van der Waals surface area contributed by atoms with Gasteiger partial charge in [0.05, 0.1) is 4.90 Å². The SMILES string of the molecule is CN1C[C@@H]2CC[C@H]1CN(Cc1ccc(S(C)(=O)=O)cc1)C2. The number of piperidine rings is 1. The fraction of sp³-hybridized carbons (Fsp3) is 0.625. The van der Waals surface area contributed by atoms with E-state index in [1.165, 1.54) is 31.2 Å². The van der Waals surface area contributed by atoms with Crippen molar-refractivity contribution in [2.75, 3.05) is 32.9 Å². The van der Waals surface area contributed by atoms with Crippen LogP contribution in [0.2, 0.25) is 0 Å². The van der Waals surface area contributed by atoms with E-state index in [0.717, 1.165) is 25.6 Å². The number of sulfone groups is 1. The van der Waals surface area contributed by atoms with E-state index in [9.17, 15) is 8.42 Å². The van der Waals surface area contributed by atoms with Gasteiger partial charge >= 0.3 is 0 Å². The predicted octanol–water partition coefficient (Wildman–Crippen LogP) is 1.62. The van der Waals surface area contributed by atoms with Gasteiger partial charge in [0.15, 0.2) is 9.84 Å². The van der Waals surface area contributed by atoms with E-state index in [4.69, 9.17) is 0 Å². The smallest absolute Gasteiger partial charge is 0.175 e. The highest BCUT2D eigenvalue weighted by Crippen LogP contribution is 2.27. The van der Waals surface area contributed by atoms with E-state index in [1.807, 2.05) is 12.1 Å². The van der Waals surface area contributed by atoms with Crippen molar-refractivity contribution < 1.29 is 8.42 Å². The van der Waals surface area contributed by atoms with Crippen molar-refractivity contribution in [2.45, 2.75) is 30.3 Å². The van der Waals surface area contributed by atoms with Gasteiger partial charge in [-0.15, -0.1) is 0 Å². The number of nitrogens with zero attached hydrogens (tertiary/aromatic N) is 2. The fourth-order valence-electron chi connectivity index (χ4n) is 3.64. The summed E-state index contributed by atoms with van der Waals surface area (Å²) in [5.41, 5.74) is 1.20. The second-order valence-electron chi connectivity index (χ2n) is 6.65. The highest BCUT2D eigenvalue weighted by Gasteiger charge is 2.32. The van der Waals surface area contributed by atoms with Gasteiger partial charge in [-0.2, -0.15) is 0 Å². The maximum absolute atomic E-state index is 11.5. The van der Waals surface area contributed by atoms with Crippen molar-refractivity contribution in [1.29, 1.82) is 0 Å². The average Bonchev–Trinajstić information content (AvgIpc) is 2.68. The second kappa shape index (κ2) is 5.71. The zero-order chi connectivity index (χ0) is 15.0. The minimum Gasteiger partial charge on any atom is -0.302 e. The van der Waals surface area contributed by atoms with E-state index < -0.39 is 9.84 Å². The normalized spacial score (nSPS) is 27.7. The first kappa shape index (κ1) is 15.0. The van der Waals surface area contributed by atoms with Crippen LogP contribution in [0.25, 0.3) is 0 Å². The third kappa shape index (κ3) is 3.47. The van der Waals surface area contributed by atoms with Crippen LogP contribution in [0.15, 0.2) is 29.2 Å². The topological polar surface area (TPSA) is 40.6 Å². The minimum absolute atomic E-state index is 0.405. The first-order valence-electron chi connectivity index (χ1n) is 7.63. The van der Waals surface area contributed by atoms with Crippen molar-refractivity contribution in [3.05, 3.63) is 29.8 Å². The maximum atomic E-state index is 11.5. The monoisotopic (exact) mass is 308 g/mol.